The average Bonchev–Trinajstić information content (AvgIpc) is 2.95. The van der Waals surface area contributed by atoms with Gasteiger partial charge in [0.1, 0.15) is 10.6 Å². The molecule has 3 nitrogen and oxygen atoms in total. The van der Waals surface area contributed by atoms with Crippen molar-refractivity contribution in [3.63, 3.8) is 0 Å². The Hall–Kier alpha value is -2.07. The van der Waals surface area contributed by atoms with E-state index in [9.17, 15) is 0 Å². The maximum Gasteiger partial charge on any atom is 0.163 e. The number of amidine groups is 1. The Morgan fingerprint density at radius 3 is 1.87 bits per heavy atom. The second-order valence-corrected chi connectivity index (χ2v) is 6.74. The standard InChI is InChI=1S/C19H21N3S/c1-14(2)21-17-19(22-18(20-3)23-17,15-10-6-4-7-11-15)16-12-8-5-9-13-16/h4-14H,1-3H3,(H,20,22). The summed E-state index contributed by atoms with van der Waals surface area (Å²) in [6, 6.07) is 21.2. The van der Waals surface area contributed by atoms with Gasteiger partial charge in [-0.1, -0.05) is 60.7 Å². The van der Waals surface area contributed by atoms with E-state index in [-0.39, 0.29) is 6.04 Å². The Balaban J connectivity index is 2.27. The van der Waals surface area contributed by atoms with Gasteiger partial charge in [-0.3, -0.25) is 9.98 Å². The first-order valence-corrected chi connectivity index (χ1v) is 8.60. The lowest BCUT2D eigenvalue weighted by Gasteiger charge is -2.31. The largest absolute Gasteiger partial charge is 0.345 e. The lowest BCUT2D eigenvalue weighted by Crippen LogP contribution is -2.44. The van der Waals surface area contributed by atoms with Crippen molar-refractivity contribution in [3.8, 4) is 0 Å². The van der Waals surface area contributed by atoms with Crippen LogP contribution in [0.3, 0.4) is 0 Å². The number of aliphatic imine (C=N–C) groups is 2. The van der Waals surface area contributed by atoms with Crippen molar-refractivity contribution < 1.29 is 0 Å². The van der Waals surface area contributed by atoms with Crippen LogP contribution in [0.2, 0.25) is 0 Å². The van der Waals surface area contributed by atoms with Gasteiger partial charge in [-0.2, -0.15) is 0 Å². The molecule has 0 amide bonds. The van der Waals surface area contributed by atoms with Crippen LogP contribution in [0.4, 0.5) is 0 Å². The Morgan fingerprint density at radius 2 is 1.43 bits per heavy atom. The fraction of sp³-hybridized carbons (Fsp3) is 0.263. The van der Waals surface area contributed by atoms with Gasteiger partial charge in [-0.15, -0.1) is 0 Å². The molecular formula is C19H21N3S. The van der Waals surface area contributed by atoms with Crippen LogP contribution in [0.5, 0.6) is 0 Å². The summed E-state index contributed by atoms with van der Waals surface area (Å²) in [5.41, 5.74) is 1.89. The first-order chi connectivity index (χ1) is 11.2. The van der Waals surface area contributed by atoms with Crippen molar-refractivity contribution in [1.29, 1.82) is 0 Å². The molecule has 2 aromatic carbocycles. The predicted octanol–water partition coefficient (Wildman–Crippen LogP) is 4.06. The molecule has 0 radical (unpaired) electrons. The number of benzene rings is 2. The Labute approximate surface area is 142 Å². The molecule has 1 fully saturated rings. The van der Waals surface area contributed by atoms with Crippen LogP contribution in [0, 0.1) is 0 Å². The van der Waals surface area contributed by atoms with Crippen LogP contribution < -0.4 is 5.32 Å². The molecule has 2 aromatic rings. The van der Waals surface area contributed by atoms with Gasteiger partial charge in [0, 0.05) is 13.1 Å². The van der Waals surface area contributed by atoms with Crippen molar-refractivity contribution in [1.82, 2.24) is 5.32 Å². The third-order valence-electron chi connectivity index (χ3n) is 3.80. The first kappa shape index (κ1) is 15.8. The maximum absolute atomic E-state index is 4.92. The molecule has 0 unspecified atom stereocenters. The highest BCUT2D eigenvalue weighted by molar-refractivity contribution is 8.27. The molecule has 118 valence electrons. The van der Waals surface area contributed by atoms with Crippen LogP contribution in [0.15, 0.2) is 70.6 Å². The molecule has 0 aliphatic carbocycles. The zero-order valence-corrected chi connectivity index (χ0v) is 14.5. The third kappa shape index (κ3) is 2.91. The van der Waals surface area contributed by atoms with Gasteiger partial charge in [0.05, 0.1) is 0 Å². The van der Waals surface area contributed by atoms with E-state index in [0.29, 0.717) is 0 Å². The van der Waals surface area contributed by atoms with Crippen molar-refractivity contribution in [3.05, 3.63) is 71.8 Å². The third-order valence-corrected chi connectivity index (χ3v) is 4.88. The number of hydrogen-bond acceptors (Lipinski definition) is 3. The van der Waals surface area contributed by atoms with Crippen molar-refractivity contribution >= 4 is 22.0 Å². The second-order valence-electron chi connectivity index (χ2n) is 5.77. The summed E-state index contributed by atoms with van der Waals surface area (Å²) in [5.74, 6) is 0. The summed E-state index contributed by atoms with van der Waals surface area (Å²) < 4.78 is 0. The number of nitrogens with one attached hydrogen (secondary N) is 1. The van der Waals surface area contributed by atoms with Gasteiger partial charge in [0.2, 0.25) is 0 Å². The van der Waals surface area contributed by atoms with Gasteiger partial charge < -0.3 is 5.32 Å². The summed E-state index contributed by atoms with van der Waals surface area (Å²) in [6.45, 7) is 4.21. The molecule has 1 heterocycles. The quantitative estimate of drug-likeness (QED) is 0.925. The summed E-state index contributed by atoms with van der Waals surface area (Å²) in [5, 5.41) is 5.57. The molecule has 0 saturated carbocycles. The minimum absolute atomic E-state index is 0.224. The predicted molar refractivity (Wildman–Crippen MR) is 100 cm³/mol. The molecule has 23 heavy (non-hydrogen) atoms. The second kappa shape index (κ2) is 6.59. The smallest absolute Gasteiger partial charge is 0.163 e. The van der Waals surface area contributed by atoms with Crippen molar-refractivity contribution in [2.45, 2.75) is 25.4 Å². The summed E-state index contributed by atoms with van der Waals surface area (Å²) in [6.07, 6.45) is 0. The highest BCUT2D eigenvalue weighted by Gasteiger charge is 2.46. The van der Waals surface area contributed by atoms with E-state index in [4.69, 9.17) is 4.99 Å². The van der Waals surface area contributed by atoms with E-state index in [1.165, 1.54) is 11.1 Å². The Bertz CT molecular complexity index is 681. The number of nitrogens with zero attached hydrogens (tertiary/aromatic N) is 2. The SMILES string of the molecule is CN=C1NC(c2ccccc2)(c2ccccc2)C(=NC(C)C)S1. The fourth-order valence-corrected chi connectivity index (χ4v) is 3.98. The molecule has 1 N–H and O–H groups in total. The fourth-order valence-electron chi connectivity index (χ4n) is 2.80. The monoisotopic (exact) mass is 323 g/mol. The van der Waals surface area contributed by atoms with Crippen molar-refractivity contribution in [2.75, 3.05) is 7.05 Å². The number of thioether (sulfide) groups is 1. The van der Waals surface area contributed by atoms with Gasteiger partial charge in [-0.05, 0) is 36.7 Å². The van der Waals surface area contributed by atoms with Gasteiger partial charge in [0.15, 0.2) is 5.17 Å². The molecule has 1 aliphatic rings. The van der Waals surface area contributed by atoms with Crippen LogP contribution in [-0.2, 0) is 5.54 Å². The molecule has 0 bridgehead atoms. The van der Waals surface area contributed by atoms with Gasteiger partial charge >= 0.3 is 0 Å². The zero-order valence-electron chi connectivity index (χ0n) is 13.7. The molecule has 1 aliphatic heterocycles. The first-order valence-electron chi connectivity index (χ1n) is 7.79. The molecule has 3 rings (SSSR count). The van der Waals surface area contributed by atoms with Crippen LogP contribution in [0.25, 0.3) is 0 Å². The van der Waals surface area contributed by atoms with Crippen LogP contribution in [-0.4, -0.2) is 23.3 Å². The Morgan fingerprint density at radius 1 is 0.913 bits per heavy atom. The Kier molecular flexibility index (Phi) is 4.53. The van der Waals surface area contributed by atoms with E-state index in [1.54, 1.807) is 11.8 Å². The highest BCUT2D eigenvalue weighted by Crippen LogP contribution is 2.41. The zero-order chi connectivity index (χ0) is 16.3. The molecular weight excluding hydrogens is 302 g/mol. The van der Waals surface area contributed by atoms with Crippen molar-refractivity contribution in [2.24, 2.45) is 9.98 Å². The lowest BCUT2D eigenvalue weighted by atomic mass is 9.83. The van der Waals surface area contributed by atoms with E-state index >= 15 is 0 Å². The summed E-state index contributed by atoms with van der Waals surface area (Å²) in [4.78, 5) is 9.30. The van der Waals surface area contributed by atoms with E-state index in [0.717, 1.165) is 10.2 Å². The average molecular weight is 323 g/mol. The maximum atomic E-state index is 4.92. The minimum Gasteiger partial charge on any atom is -0.345 e. The van der Waals surface area contributed by atoms with E-state index in [1.807, 2.05) is 19.2 Å². The number of rotatable bonds is 3. The molecule has 0 aromatic heterocycles. The van der Waals surface area contributed by atoms with Crippen LogP contribution in [0.1, 0.15) is 25.0 Å². The molecule has 0 atom stereocenters. The molecule has 1 saturated heterocycles. The van der Waals surface area contributed by atoms with Gasteiger partial charge in [-0.25, -0.2) is 0 Å². The highest BCUT2D eigenvalue weighted by atomic mass is 32.2. The summed E-state index contributed by atoms with van der Waals surface area (Å²) in [7, 11) is 1.81. The van der Waals surface area contributed by atoms with Gasteiger partial charge in [0.25, 0.3) is 0 Å². The summed E-state index contributed by atoms with van der Waals surface area (Å²) >= 11 is 1.62. The topological polar surface area (TPSA) is 36.8 Å². The van der Waals surface area contributed by atoms with E-state index in [2.05, 4.69) is 72.7 Å². The van der Waals surface area contributed by atoms with Crippen LogP contribution >= 0.6 is 11.8 Å². The number of hydrogen-bond donors (Lipinski definition) is 1. The normalized spacial score (nSPS) is 20.2. The van der Waals surface area contributed by atoms with E-state index < -0.39 is 5.54 Å². The minimum atomic E-state index is -0.466. The lowest BCUT2D eigenvalue weighted by molar-refractivity contribution is 0.652. The molecule has 4 heteroatoms. The molecule has 0 spiro atoms.